The fourth-order valence-corrected chi connectivity index (χ4v) is 2.37. The lowest BCUT2D eigenvalue weighted by Crippen LogP contribution is -2.14. The summed E-state index contributed by atoms with van der Waals surface area (Å²) in [6.45, 7) is 3.10. The zero-order valence-corrected chi connectivity index (χ0v) is 9.99. The molecule has 2 nitrogen and oxygen atoms in total. The zero-order valence-electron chi connectivity index (χ0n) is 9.17. The molecule has 0 spiro atoms. The molecule has 0 aliphatic carbocycles. The molecule has 1 aromatic heterocycles. The first kappa shape index (κ1) is 12.3. The van der Waals surface area contributed by atoms with Crippen LogP contribution in [0.5, 0.6) is 0 Å². The molecule has 0 radical (unpaired) electrons. The van der Waals surface area contributed by atoms with Crippen molar-refractivity contribution in [3.8, 4) is 0 Å². The number of nitrogens with zero attached hydrogens (tertiary/aromatic N) is 1. The summed E-state index contributed by atoms with van der Waals surface area (Å²) in [5, 5.41) is 10.2. The van der Waals surface area contributed by atoms with Crippen LogP contribution in [0.3, 0.4) is 0 Å². The molecule has 2 rings (SSSR count). The molecule has 0 amide bonds. The molecule has 0 atom stereocenters. The van der Waals surface area contributed by atoms with Crippen molar-refractivity contribution in [2.24, 2.45) is 0 Å². The maximum absolute atomic E-state index is 12.5. The van der Waals surface area contributed by atoms with Crippen LogP contribution < -0.4 is 0 Å². The molecule has 92 valence electrons. The first-order valence-corrected chi connectivity index (χ1v) is 5.70. The first-order valence-electron chi connectivity index (χ1n) is 4.88. The van der Waals surface area contributed by atoms with Crippen LogP contribution in [0.25, 0.3) is 10.2 Å². The molecule has 0 aliphatic rings. The molecule has 0 saturated carbocycles. The minimum Gasteiger partial charge on any atom is -0.383 e. The highest BCUT2D eigenvalue weighted by Gasteiger charge is 2.31. The summed E-state index contributed by atoms with van der Waals surface area (Å²) in [6.07, 6.45) is -4.35. The van der Waals surface area contributed by atoms with Gasteiger partial charge in [-0.05, 0) is 32.0 Å². The number of thiazole rings is 1. The van der Waals surface area contributed by atoms with Crippen molar-refractivity contribution in [2.75, 3.05) is 0 Å². The Morgan fingerprint density at radius 2 is 1.88 bits per heavy atom. The minimum atomic E-state index is -4.35. The Labute approximate surface area is 99.7 Å². The number of fused-ring (bicyclic) bond motifs is 1. The second kappa shape index (κ2) is 3.68. The van der Waals surface area contributed by atoms with Gasteiger partial charge in [0.1, 0.15) is 10.6 Å². The van der Waals surface area contributed by atoms with E-state index in [4.69, 9.17) is 0 Å². The highest BCUT2D eigenvalue weighted by molar-refractivity contribution is 7.18. The highest BCUT2D eigenvalue weighted by atomic mass is 32.1. The second-order valence-corrected chi connectivity index (χ2v) is 5.29. The molecule has 1 aromatic carbocycles. The summed E-state index contributed by atoms with van der Waals surface area (Å²) in [7, 11) is 0. The van der Waals surface area contributed by atoms with E-state index in [1.165, 1.54) is 6.07 Å². The van der Waals surface area contributed by atoms with Crippen LogP contribution in [-0.4, -0.2) is 10.1 Å². The van der Waals surface area contributed by atoms with Gasteiger partial charge >= 0.3 is 6.18 Å². The van der Waals surface area contributed by atoms with Crippen molar-refractivity contribution in [1.82, 2.24) is 4.98 Å². The van der Waals surface area contributed by atoms with E-state index >= 15 is 0 Å². The maximum atomic E-state index is 12.5. The number of hydrogen-bond acceptors (Lipinski definition) is 3. The van der Waals surface area contributed by atoms with Gasteiger partial charge in [-0.1, -0.05) is 0 Å². The molecule has 1 heterocycles. The molecule has 17 heavy (non-hydrogen) atoms. The Bertz CT molecular complexity index is 542. The molecule has 6 heteroatoms. The van der Waals surface area contributed by atoms with Gasteiger partial charge in [-0.25, -0.2) is 4.98 Å². The zero-order chi connectivity index (χ0) is 12.8. The number of rotatable bonds is 1. The Kier molecular flexibility index (Phi) is 2.67. The van der Waals surface area contributed by atoms with E-state index in [0.717, 1.165) is 23.5 Å². The minimum absolute atomic E-state index is 0.409. The van der Waals surface area contributed by atoms with E-state index in [0.29, 0.717) is 15.2 Å². The van der Waals surface area contributed by atoms with E-state index in [-0.39, 0.29) is 0 Å². The van der Waals surface area contributed by atoms with Crippen molar-refractivity contribution in [2.45, 2.75) is 25.6 Å². The van der Waals surface area contributed by atoms with Gasteiger partial charge in [-0.2, -0.15) is 13.2 Å². The van der Waals surface area contributed by atoms with E-state index in [9.17, 15) is 18.3 Å². The largest absolute Gasteiger partial charge is 0.416 e. The van der Waals surface area contributed by atoms with E-state index in [1.807, 2.05) is 0 Å². The SMILES string of the molecule is CC(C)(O)c1nc2ccc(C(F)(F)F)cc2s1. The second-order valence-electron chi connectivity index (χ2n) is 4.26. The monoisotopic (exact) mass is 261 g/mol. The van der Waals surface area contributed by atoms with Crippen LogP contribution in [-0.2, 0) is 11.8 Å². The topological polar surface area (TPSA) is 33.1 Å². The van der Waals surface area contributed by atoms with Crippen molar-refractivity contribution in [1.29, 1.82) is 0 Å². The average Bonchev–Trinajstić information content (AvgIpc) is 2.57. The van der Waals surface area contributed by atoms with Gasteiger partial charge in [-0.15, -0.1) is 11.3 Å². The van der Waals surface area contributed by atoms with Gasteiger partial charge in [-0.3, -0.25) is 0 Å². The van der Waals surface area contributed by atoms with Gasteiger partial charge in [0.05, 0.1) is 15.8 Å². The van der Waals surface area contributed by atoms with Crippen LogP contribution in [0.1, 0.15) is 24.4 Å². The summed E-state index contributed by atoms with van der Waals surface area (Å²) in [5.41, 5.74) is -1.36. The predicted octanol–water partition coefficient (Wildman–Crippen LogP) is 3.54. The van der Waals surface area contributed by atoms with Gasteiger partial charge < -0.3 is 5.11 Å². The molecule has 1 N–H and O–H groups in total. The Morgan fingerprint density at radius 3 is 2.41 bits per heavy atom. The standard InChI is InChI=1S/C11H10F3NOS/c1-10(2,16)9-15-7-4-3-6(11(12,13)14)5-8(7)17-9/h3-5,16H,1-2H3. The lowest BCUT2D eigenvalue weighted by molar-refractivity contribution is -0.137. The molecular weight excluding hydrogens is 251 g/mol. The summed E-state index contributed by atoms with van der Waals surface area (Å²) >= 11 is 1.07. The molecule has 0 unspecified atom stereocenters. The fraction of sp³-hybridized carbons (Fsp3) is 0.364. The van der Waals surface area contributed by atoms with Gasteiger partial charge in [0.15, 0.2) is 0 Å². The number of alkyl halides is 3. The van der Waals surface area contributed by atoms with Crippen molar-refractivity contribution in [3.63, 3.8) is 0 Å². The third-order valence-corrected chi connectivity index (χ3v) is 3.57. The van der Waals surface area contributed by atoms with Crippen molar-refractivity contribution < 1.29 is 18.3 Å². The maximum Gasteiger partial charge on any atom is 0.416 e. The van der Waals surface area contributed by atoms with Gasteiger partial charge in [0, 0.05) is 0 Å². The number of benzene rings is 1. The summed E-state index contributed by atoms with van der Waals surface area (Å²) in [4.78, 5) is 4.11. The molecule has 0 saturated heterocycles. The molecule has 2 aromatic rings. The summed E-state index contributed by atoms with van der Waals surface area (Å²) in [5.74, 6) is 0. The summed E-state index contributed by atoms with van der Waals surface area (Å²) < 4.78 is 37.9. The smallest absolute Gasteiger partial charge is 0.383 e. The first-order chi connectivity index (χ1) is 7.68. The number of hydrogen-bond donors (Lipinski definition) is 1. The summed E-state index contributed by atoms with van der Waals surface area (Å²) in [6, 6.07) is 3.38. The van der Waals surface area contributed by atoms with E-state index in [2.05, 4.69) is 4.98 Å². The Morgan fingerprint density at radius 1 is 1.24 bits per heavy atom. The van der Waals surface area contributed by atoms with Crippen LogP contribution in [0.4, 0.5) is 13.2 Å². The highest BCUT2D eigenvalue weighted by Crippen LogP contribution is 2.35. The Balaban J connectivity index is 2.56. The van der Waals surface area contributed by atoms with Gasteiger partial charge in [0.25, 0.3) is 0 Å². The lowest BCUT2D eigenvalue weighted by atomic mass is 10.1. The Hall–Kier alpha value is -1.14. The molecule has 0 aliphatic heterocycles. The normalized spacial score (nSPS) is 13.3. The molecule has 0 fully saturated rings. The van der Waals surface area contributed by atoms with Crippen LogP contribution in [0.2, 0.25) is 0 Å². The third kappa shape index (κ3) is 2.42. The number of aliphatic hydroxyl groups is 1. The fourth-order valence-electron chi connectivity index (χ4n) is 1.36. The quantitative estimate of drug-likeness (QED) is 0.851. The van der Waals surface area contributed by atoms with Crippen LogP contribution >= 0.6 is 11.3 Å². The number of halogens is 3. The van der Waals surface area contributed by atoms with Gasteiger partial charge in [0.2, 0.25) is 0 Å². The molecular formula is C11H10F3NOS. The third-order valence-electron chi connectivity index (χ3n) is 2.24. The number of aromatic nitrogens is 1. The van der Waals surface area contributed by atoms with Crippen LogP contribution in [0, 0.1) is 0 Å². The lowest BCUT2D eigenvalue weighted by Gasteiger charge is -2.11. The average molecular weight is 261 g/mol. The predicted molar refractivity (Wildman–Crippen MR) is 59.9 cm³/mol. The van der Waals surface area contributed by atoms with Crippen molar-refractivity contribution >= 4 is 21.6 Å². The van der Waals surface area contributed by atoms with E-state index < -0.39 is 17.3 Å². The van der Waals surface area contributed by atoms with Crippen LogP contribution in [0.15, 0.2) is 18.2 Å². The van der Waals surface area contributed by atoms with E-state index in [1.54, 1.807) is 13.8 Å². The van der Waals surface area contributed by atoms with Crippen molar-refractivity contribution in [3.05, 3.63) is 28.8 Å². The molecule has 0 bridgehead atoms.